The monoisotopic (exact) mass is 430 g/mol. The number of aromatic nitrogens is 1. The summed E-state index contributed by atoms with van der Waals surface area (Å²) in [5.74, 6) is -3.65. The molecule has 9 heteroatoms. The predicted molar refractivity (Wildman–Crippen MR) is 111 cm³/mol. The van der Waals surface area contributed by atoms with E-state index in [4.69, 9.17) is 19.8 Å². The predicted octanol–water partition coefficient (Wildman–Crippen LogP) is 2.33. The van der Waals surface area contributed by atoms with E-state index in [1.54, 1.807) is 30.5 Å². The summed E-state index contributed by atoms with van der Waals surface area (Å²) in [6, 6.07) is 16.8. The van der Waals surface area contributed by atoms with Gasteiger partial charge in [-0.2, -0.15) is 0 Å². The molecule has 0 spiro atoms. The lowest BCUT2D eigenvalue weighted by molar-refractivity contribution is -0.159. The van der Waals surface area contributed by atoms with Gasteiger partial charge in [-0.05, 0) is 49.6 Å². The van der Waals surface area contributed by atoms with Crippen LogP contribution in [0.5, 0.6) is 0 Å². The summed E-state index contributed by atoms with van der Waals surface area (Å²) >= 11 is 0. The molecule has 1 aromatic heterocycles. The number of fused-ring (bicyclic) bond motifs is 1. The topological polar surface area (TPSA) is 126 Å². The van der Waals surface area contributed by atoms with Gasteiger partial charge in [0.2, 0.25) is 0 Å². The number of carboxylic acid groups (broad SMARTS) is 2. The van der Waals surface area contributed by atoms with Crippen LogP contribution < -0.4 is 5.32 Å². The molecule has 1 aliphatic rings. The van der Waals surface area contributed by atoms with Crippen LogP contribution in [0, 0.1) is 0 Å². The average molecular weight is 430 g/mol. The van der Waals surface area contributed by atoms with Crippen molar-refractivity contribution >= 4 is 32.9 Å². The molecule has 1 atom stereocenters. The van der Waals surface area contributed by atoms with Gasteiger partial charge in [0.25, 0.3) is 10.0 Å². The Balaban J connectivity index is 0.000000377. The molecular formula is C21H22N2O6S. The largest absolute Gasteiger partial charge is 0.473 e. The maximum absolute atomic E-state index is 13.0. The molecule has 158 valence electrons. The van der Waals surface area contributed by atoms with Gasteiger partial charge in [-0.25, -0.2) is 22.0 Å². The first kappa shape index (κ1) is 21.5. The fourth-order valence-electron chi connectivity index (χ4n) is 3.48. The van der Waals surface area contributed by atoms with Crippen LogP contribution in [-0.4, -0.2) is 47.1 Å². The zero-order valence-electron chi connectivity index (χ0n) is 16.1. The van der Waals surface area contributed by atoms with Crippen LogP contribution in [-0.2, 0) is 26.0 Å². The van der Waals surface area contributed by atoms with E-state index in [1.807, 2.05) is 30.3 Å². The Labute approximate surface area is 173 Å². The zero-order valence-corrected chi connectivity index (χ0v) is 16.9. The van der Waals surface area contributed by atoms with Crippen LogP contribution in [0.4, 0.5) is 0 Å². The third-order valence-corrected chi connectivity index (χ3v) is 6.56. The van der Waals surface area contributed by atoms with Gasteiger partial charge in [-0.1, -0.05) is 36.4 Å². The maximum Gasteiger partial charge on any atom is 0.414 e. The van der Waals surface area contributed by atoms with Crippen molar-refractivity contribution in [2.45, 2.75) is 30.2 Å². The molecule has 3 aromatic rings. The van der Waals surface area contributed by atoms with Crippen molar-refractivity contribution in [1.29, 1.82) is 0 Å². The lowest BCUT2D eigenvalue weighted by Gasteiger charge is -2.08. The summed E-state index contributed by atoms with van der Waals surface area (Å²) in [4.78, 5) is 18.5. The summed E-state index contributed by atoms with van der Waals surface area (Å²) in [7, 11) is -3.58. The van der Waals surface area contributed by atoms with Gasteiger partial charge in [0.1, 0.15) is 0 Å². The van der Waals surface area contributed by atoms with Crippen LogP contribution in [0.1, 0.15) is 18.4 Å². The van der Waals surface area contributed by atoms with Gasteiger partial charge in [-0.15, -0.1) is 0 Å². The Morgan fingerprint density at radius 2 is 1.63 bits per heavy atom. The summed E-state index contributed by atoms with van der Waals surface area (Å²) in [6.07, 6.45) is 4.99. The van der Waals surface area contributed by atoms with E-state index in [0.29, 0.717) is 10.9 Å². The summed E-state index contributed by atoms with van der Waals surface area (Å²) in [5.41, 5.74) is 1.83. The van der Waals surface area contributed by atoms with Crippen molar-refractivity contribution in [3.8, 4) is 0 Å². The number of carbonyl (C=O) groups is 2. The van der Waals surface area contributed by atoms with Crippen LogP contribution in [0.3, 0.4) is 0 Å². The van der Waals surface area contributed by atoms with Crippen LogP contribution in [0.25, 0.3) is 10.9 Å². The highest BCUT2D eigenvalue weighted by molar-refractivity contribution is 7.90. The molecule has 8 nitrogen and oxygen atoms in total. The number of nitrogens with zero attached hydrogens (tertiary/aromatic N) is 1. The van der Waals surface area contributed by atoms with Crippen molar-refractivity contribution in [3.63, 3.8) is 0 Å². The molecule has 3 N–H and O–H groups in total. The molecule has 0 saturated carbocycles. The summed E-state index contributed by atoms with van der Waals surface area (Å²) in [6.45, 7) is 1.05. The van der Waals surface area contributed by atoms with Crippen LogP contribution >= 0.6 is 0 Å². The van der Waals surface area contributed by atoms with Gasteiger partial charge in [0.15, 0.2) is 0 Å². The lowest BCUT2D eigenvalue weighted by Crippen LogP contribution is -2.23. The van der Waals surface area contributed by atoms with Gasteiger partial charge in [0.05, 0.1) is 10.4 Å². The second-order valence-electron chi connectivity index (χ2n) is 6.89. The van der Waals surface area contributed by atoms with Gasteiger partial charge in [-0.3, -0.25) is 0 Å². The lowest BCUT2D eigenvalue weighted by atomic mass is 10.0. The number of carboxylic acids is 2. The minimum atomic E-state index is -3.58. The maximum atomic E-state index is 13.0. The molecule has 1 fully saturated rings. The van der Waals surface area contributed by atoms with Gasteiger partial charge < -0.3 is 15.5 Å². The Morgan fingerprint density at radius 1 is 1.00 bits per heavy atom. The third kappa shape index (κ3) is 4.69. The van der Waals surface area contributed by atoms with Crippen molar-refractivity contribution in [2.24, 2.45) is 0 Å². The van der Waals surface area contributed by atoms with E-state index in [9.17, 15) is 8.42 Å². The van der Waals surface area contributed by atoms with E-state index in [2.05, 4.69) is 5.32 Å². The second-order valence-corrected chi connectivity index (χ2v) is 8.71. The Morgan fingerprint density at radius 3 is 2.23 bits per heavy atom. The fraction of sp³-hybridized carbons (Fsp3) is 0.238. The van der Waals surface area contributed by atoms with E-state index < -0.39 is 22.0 Å². The normalized spacial score (nSPS) is 16.1. The van der Waals surface area contributed by atoms with Crippen LogP contribution in [0.15, 0.2) is 65.7 Å². The number of rotatable bonds is 4. The molecule has 2 heterocycles. The highest BCUT2D eigenvalue weighted by Gasteiger charge is 2.23. The quantitative estimate of drug-likeness (QED) is 0.542. The fourth-order valence-corrected chi connectivity index (χ4v) is 4.89. The number of aliphatic carboxylic acids is 2. The highest BCUT2D eigenvalue weighted by atomic mass is 32.2. The van der Waals surface area contributed by atoms with Crippen LogP contribution in [0.2, 0.25) is 0 Å². The standard InChI is InChI=1S/C19H20N2O2S.C2H2O4/c22-24(23,17-8-2-1-3-9-17)21-14-15(13-16-7-6-12-20-16)18-10-4-5-11-19(18)21;3-1(4)2(5)6/h1-5,8-11,14,16,20H,6-7,12-13H2;(H,3,4)(H,5,6)/t16-;/m0./s1. The SMILES string of the molecule is O=C(O)C(=O)O.O=S(=O)(c1ccccc1)n1cc(C[C@@H]2CCCN2)c2ccccc21. The van der Waals surface area contributed by atoms with E-state index in [-0.39, 0.29) is 0 Å². The summed E-state index contributed by atoms with van der Waals surface area (Å²) < 4.78 is 27.5. The first-order valence-electron chi connectivity index (χ1n) is 9.40. The molecule has 0 amide bonds. The first-order chi connectivity index (χ1) is 14.3. The molecule has 0 unspecified atom stereocenters. The number of benzene rings is 2. The van der Waals surface area contributed by atoms with E-state index in [0.717, 1.165) is 35.9 Å². The van der Waals surface area contributed by atoms with Crippen molar-refractivity contribution in [1.82, 2.24) is 9.29 Å². The molecule has 2 aromatic carbocycles. The third-order valence-electron chi connectivity index (χ3n) is 4.87. The highest BCUT2D eigenvalue weighted by Crippen LogP contribution is 2.27. The molecule has 0 aliphatic carbocycles. The molecule has 30 heavy (non-hydrogen) atoms. The smallest absolute Gasteiger partial charge is 0.414 e. The zero-order chi connectivity index (χ0) is 21.7. The van der Waals surface area contributed by atoms with Gasteiger partial charge >= 0.3 is 11.9 Å². The number of nitrogens with one attached hydrogen (secondary N) is 1. The van der Waals surface area contributed by atoms with Crippen molar-refractivity contribution in [2.75, 3.05) is 6.54 Å². The minimum absolute atomic E-state index is 0.316. The second kappa shape index (κ2) is 9.10. The Bertz CT molecular complexity index is 1140. The summed E-state index contributed by atoms with van der Waals surface area (Å²) in [5, 5.41) is 19.3. The van der Waals surface area contributed by atoms with Gasteiger partial charge in [0, 0.05) is 17.6 Å². The minimum Gasteiger partial charge on any atom is -0.473 e. The number of para-hydroxylation sites is 1. The molecule has 0 radical (unpaired) electrons. The Hall–Kier alpha value is -3.17. The van der Waals surface area contributed by atoms with E-state index in [1.165, 1.54) is 10.4 Å². The Kier molecular flexibility index (Phi) is 6.53. The van der Waals surface area contributed by atoms with Crippen molar-refractivity contribution < 1.29 is 28.2 Å². The number of hydrogen-bond acceptors (Lipinski definition) is 5. The number of hydrogen-bond donors (Lipinski definition) is 3. The molecule has 1 aliphatic heterocycles. The van der Waals surface area contributed by atoms with Crippen molar-refractivity contribution in [3.05, 3.63) is 66.4 Å². The average Bonchev–Trinajstić information content (AvgIpc) is 3.38. The first-order valence-corrected chi connectivity index (χ1v) is 10.8. The molecule has 4 rings (SSSR count). The van der Waals surface area contributed by atoms with E-state index >= 15 is 0 Å². The molecule has 0 bridgehead atoms. The molecule has 1 saturated heterocycles. The molecular weight excluding hydrogens is 408 g/mol.